The second kappa shape index (κ2) is 18.3. The van der Waals surface area contributed by atoms with Gasteiger partial charge in [0, 0.05) is 39.3 Å². The van der Waals surface area contributed by atoms with Crippen molar-refractivity contribution in [3.63, 3.8) is 0 Å². The average molecular weight is 559 g/mol. The second-order valence-corrected chi connectivity index (χ2v) is 9.23. The van der Waals surface area contributed by atoms with Crippen LogP contribution in [0.5, 0.6) is 0 Å². The van der Waals surface area contributed by atoms with Crippen molar-refractivity contribution >= 4 is 0 Å². The molecule has 0 aromatic rings. The minimum absolute atomic E-state index is 0. The van der Waals surface area contributed by atoms with Gasteiger partial charge in [-0.25, -0.2) is 0 Å². The summed E-state index contributed by atoms with van der Waals surface area (Å²) in [6, 6.07) is 0. The fourth-order valence-electron chi connectivity index (χ4n) is 4.87. The Labute approximate surface area is 211 Å². The molecule has 4 nitrogen and oxygen atoms in total. The SMILES string of the molecule is CCCC[N+](CC)(CC)CCN1CCN(CC[N+](CC)(CC)CCCC)CC1.[Br-].[Br-]. The number of hydrogen-bond acceptors (Lipinski definition) is 2. The van der Waals surface area contributed by atoms with E-state index in [-0.39, 0.29) is 34.0 Å². The highest BCUT2D eigenvalue weighted by Gasteiger charge is 2.27. The van der Waals surface area contributed by atoms with Crippen LogP contribution < -0.4 is 34.0 Å². The van der Waals surface area contributed by atoms with Gasteiger partial charge in [-0.3, -0.25) is 9.80 Å². The highest BCUT2D eigenvalue weighted by atomic mass is 79.9. The maximum Gasteiger partial charge on any atom is 0.0915 e. The predicted octanol–water partition coefficient (Wildman–Crippen LogP) is -2.07. The van der Waals surface area contributed by atoms with Crippen molar-refractivity contribution in [3.8, 4) is 0 Å². The van der Waals surface area contributed by atoms with Crippen LogP contribution in [0.4, 0.5) is 0 Å². The Morgan fingerprint density at radius 1 is 0.500 bits per heavy atom. The lowest BCUT2D eigenvalue weighted by atomic mass is 10.2. The molecule has 1 saturated heterocycles. The third kappa shape index (κ3) is 11.1. The lowest BCUT2D eigenvalue weighted by Gasteiger charge is -2.42. The quantitative estimate of drug-likeness (QED) is 0.201. The summed E-state index contributed by atoms with van der Waals surface area (Å²) in [5.41, 5.74) is 0. The zero-order chi connectivity index (χ0) is 20.9. The summed E-state index contributed by atoms with van der Waals surface area (Å²) < 4.78 is 2.64. The summed E-state index contributed by atoms with van der Waals surface area (Å²) >= 11 is 0. The van der Waals surface area contributed by atoms with Gasteiger partial charge in [-0.05, 0) is 40.5 Å². The van der Waals surface area contributed by atoms with Crippen molar-refractivity contribution in [2.45, 2.75) is 67.2 Å². The Hall–Kier alpha value is 0.800. The largest absolute Gasteiger partial charge is 1.00 e. The summed E-state index contributed by atoms with van der Waals surface area (Å²) in [4.78, 5) is 5.47. The van der Waals surface area contributed by atoms with E-state index in [0.717, 1.165) is 0 Å². The van der Waals surface area contributed by atoms with Crippen molar-refractivity contribution < 1.29 is 42.9 Å². The molecule has 0 aliphatic carbocycles. The molecule has 1 aliphatic heterocycles. The van der Waals surface area contributed by atoms with Crippen LogP contribution in [0.2, 0.25) is 0 Å². The van der Waals surface area contributed by atoms with E-state index in [0.29, 0.717) is 0 Å². The lowest BCUT2D eigenvalue weighted by Crippen LogP contribution is -3.00. The Morgan fingerprint density at radius 2 is 0.800 bits per heavy atom. The second-order valence-electron chi connectivity index (χ2n) is 9.23. The van der Waals surface area contributed by atoms with Crippen LogP contribution in [0, 0.1) is 0 Å². The van der Waals surface area contributed by atoms with Gasteiger partial charge in [0.05, 0.1) is 52.4 Å². The summed E-state index contributed by atoms with van der Waals surface area (Å²) in [5, 5.41) is 0. The Morgan fingerprint density at radius 3 is 1.03 bits per heavy atom. The molecule has 0 aromatic carbocycles. The van der Waals surface area contributed by atoms with Gasteiger partial charge in [0.15, 0.2) is 0 Å². The fraction of sp³-hybridized carbons (Fsp3) is 1.00. The third-order valence-corrected chi connectivity index (χ3v) is 7.90. The minimum atomic E-state index is 0. The van der Waals surface area contributed by atoms with Crippen molar-refractivity contribution in [2.24, 2.45) is 0 Å². The van der Waals surface area contributed by atoms with Gasteiger partial charge in [0.25, 0.3) is 0 Å². The molecule has 1 rings (SSSR count). The number of likely N-dealkylation sites (N-methyl/N-ethyl adjacent to an activating group) is 2. The molecule has 0 atom stereocenters. The smallest absolute Gasteiger partial charge is 0.0915 e. The first-order valence-electron chi connectivity index (χ1n) is 12.7. The molecule has 1 heterocycles. The van der Waals surface area contributed by atoms with Gasteiger partial charge >= 0.3 is 0 Å². The third-order valence-electron chi connectivity index (χ3n) is 7.90. The Bertz CT molecular complexity index is 343. The molecule has 0 saturated carbocycles. The number of nitrogens with zero attached hydrogens (tertiary/aromatic N) is 4. The van der Waals surface area contributed by atoms with Crippen molar-refractivity contribution in [2.75, 3.05) is 91.6 Å². The van der Waals surface area contributed by atoms with Crippen molar-refractivity contribution in [3.05, 3.63) is 0 Å². The molecule has 1 aliphatic rings. The molecule has 0 unspecified atom stereocenters. The first kappa shape index (κ1) is 33.0. The predicted molar refractivity (Wildman–Crippen MR) is 125 cm³/mol. The molecule has 0 spiro atoms. The van der Waals surface area contributed by atoms with Gasteiger partial charge in [0.2, 0.25) is 0 Å². The number of unbranched alkanes of at least 4 members (excludes halogenated alkanes) is 2. The number of rotatable bonds is 16. The first-order chi connectivity index (χ1) is 13.5. The molecule has 30 heavy (non-hydrogen) atoms. The van der Waals surface area contributed by atoms with Gasteiger partial charge < -0.3 is 42.9 Å². The highest BCUT2D eigenvalue weighted by molar-refractivity contribution is 4.72. The first-order valence-corrected chi connectivity index (χ1v) is 12.7. The van der Waals surface area contributed by atoms with Gasteiger partial charge in [0.1, 0.15) is 0 Å². The van der Waals surface area contributed by atoms with E-state index < -0.39 is 0 Å². The molecule has 1 fully saturated rings. The van der Waals surface area contributed by atoms with E-state index >= 15 is 0 Å². The maximum atomic E-state index is 2.74. The topological polar surface area (TPSA) is 6.48 Å². The normalized spacial score (nSPS) is 16.2. The summed E-state index contributed by atoms with van der Waals surface area (Å²) in [7, 11) is 0. The standard InChI is InChI=1S/C24H54N4.2BrH/c1-7-13-21-27(9-3,10-4)23-19-25-15-17-26(18-16-25)20-24-28(11-5,12-6)22-14-8-2;;/h7-24H2,1-6H3;2*1H/q+2;;/p-2. The van der Waals surface area contributed by atoms with Crippen LogP contribution >= 0.6 is 0 Å². The highest BCUT2D eigenvalue weighted by Crippen LogP contribution is 2.13. The van der Waals surface area contributed by atoms with Crippen LogP contribution in [-0.4, -0.2) is 110 Å². The van der Waals surface area contributed by atoms with Gasteiger partial charge in [-0.2, -0.15) is 0 Å². The zero-order valence-electron chi connectivity index (χ0n) is 21.3. The molecular formula is C24H54Br2N4. The monoisotopic (exact) mass is 556 g/mol. The van der Waals surface area contributed by atoms with Crippen LogP contribution in [0.25, 0.3) is 0 Å². The van der Waals surface area contributed by atoms with E-state index in [4.69, 9.17) is 0 Å². The number of halogens is 2. The fourth-order valence-corrected chi connectivity index (χ4v) is 4.87. The van der Waals surface area contributed by atoms with Crippen molar-refractivity contribution in [1.29, 1.82) is 0 Å². The lowest BCUT2D eigenvalue weighted by molar-refractivity contribution is -0.924. The molecule has 0 N–H and O–H groups in total. The summed E-state index contributed by atoms with van der Waals surface area (Å²) in [5.74, 6) is 0. The van der Waals surface area contributed by atoms with Gasteiger partial charge in [-0.1, -0.05) is 26.7 Å². The molecule has 0 radical (unpaired) electrons. The van der Waals surface area contributed by atoms with Crippen LogP contribution in [0.15, 0.2) is 0 Å². The van der Waals surface area contributed by atoms with Crippen molar-refractivity contribution in [1.82, 2.24) is 9.80 Å². The molecule has 0 bridgehead atoms. The average Bonchev–Trinajstić information content (AvgIpc) is 2.76. The number of quaternary nitrogens is 2. The maximum absolute atomic E-state index is 2.74. The van der Waals surface area contributed by atoms with E-state index in [1.807, 2.05) is 0 Å². The molecule has 0 amide bonds. The van der Waals surface area contributed by atoms with E-state index in [1.165, 1.54) is 126 Å². The summed E-state index contributed by atoms with van der Waals surface area (Å²) in [6.07, 6.45) is 5.41. The summed E-state index contributed by atoms with van der Waals surface area (Å²) in [6.45, 7) is 32.5. The van der Waals surface area contributed by atoms with Crippen LogP contribution in [-0.2, 0) is 0 Å². The number of hydrogen-bond donors (Lipinski definition) is 0. The Balaban J connectivity index is 0. The minimum Gasteiger partial charge on any atom is -1.00 e. The number of piperazine rings is 1. The molecule has 184 valence electrons. The zero-order valence-corrected chi connectivity index (χ0v) is 24.4. The van der Waals surface area contributed by atoms with E-state index in [1.54, 1.807) is 0 Å². The van der Waals surface area contributed by atoms with Crippen LogP contribution in [0.3, 0.4) is 0 Å². The molecule has 0 aromatic heterocycles. The van der Waals surface area contributed by atoms with Gasteiger partial charge in [-0.15, -0.1) is 0 Å². The molecule has 6 heteroatoms. The van der Waals surface area contributed by atoms with E-state index in [2.05, 4.69) is 51.3 Å². The molecular weight excluding hydrogens is 504 g/mol. The van der Waals surface area contributed by atoms with E-state index in [9.17, 15) is 0 Å². The Kier molecular flexibility index (Phi) is 20.1. The van der Waals surface area contributed by atoms with Crippen LogP contribution in [0.1, 0.15) is 67.2 Å².